The van der Waals surface area contributed by atoms with Crippen molar-refractivity contribution >= 4 is 11.6 Å². The largest absolute Gasteiger partial charge is 0.417 e. The summed E-state index contributed by atoms with van der Waals surface area (Å²) in [6, 6.07) is 7.53. The van der Waals surface area contributed by atoms with Crippen LogP contribution in [0.1, 0.15) is 5.56 Å². The molecule has 0 saturated heterocycles. The van der Waals surface area contributed by atoms with E-state index in [1.165, 1.54) is 4.57 Å². The average molecular weight is 245 g/mol. The van der Waals surface area contributed by atoms with Gasteiger partial charge in [-0.2, -0.15) is 13.2 Å². The molecule has 1 aromatic carbocycles. The lowest BCUT2D eigenvalue weighted by Gasteiger charge is -2.05. The van der Waals surface area contributed by atoms with E-state index >= 15 is 0 Å². The number of halogens is 4. The van der Waals surface area contributed by atoms with Crippen LogP contribution in [0.2, 0.25) is 5.02 Å². The molecule has 0 spiro atoms. The van der Waals surface area contributed by atoms with Gasteiger partial charge in [0, 0.05) is 6.20 Å². The molecular weight excluding hydrogens is 239 g/mol. The van der Waals surface area contributed by atoms with Gasteiger partial charge in [0.25, 0.3) is 0 Å². The van der Waals surface area contributed by atoms with Crippen LogP contribution in [0.15, 0.2) is 36.5 Å². The SMILES string of the molecule is FC(F)(F)c1c[c]n(-c2ccccc2Cl)c1. The summed E-state index contributed by atoms with van der Waals surface area (Å²) < 4.78 is 38.3. The van der Waals surface area contributed by atoms with Crippen LogP contribution in [0.5, 0.6) is 0 Å². The molecule has 1 aromatic heterocycles. The number of hydrogen-bond acceptors (Lipinski definition) is 0. The first-order valence-corrected chi connectivity index (χ1v) is 4.78. The first-order valence-electron chi connectivity index (χ1n) is 4.40. The number of para-hydroxylation sites is 1. The first kappa shape index (κ1) is 11.1. The van der Waals surface area contributed by atoms with E-state index in [1.807, 2.05) is 0 Å². The van der Waals surface area contributed by atoms with Crippen molar-refractivity contribution in [3.05, 3.63) is 53.3 Å². The summed E-state index contributed by atoms with van der Waals surface area (Å²) in [5, 5.41) is 0.378. The molecule has 1 nitrogen and oxygen atoms in total. The van der Waals surface area contributed by atoms with E-state index in [0.717, 1.165) is 12.3 Å². The van der Waals surface area contributed by atoms with Crippen LogP contribution in [0.4, 0.5) is 13.2 Å². The molecule has 0 N–H and O–H groups in total. The second-order valence-corrected chi connectivity index (χ2v) is 3.58. The fourth-order valence-electron chi connectivity index (χ4n) is 1.29. The van der Waals surface area contributed by atoms with E-state index in [2.05, 4.69) is 6.20 Å². The molecular formula is C11H6ClF3N. The number of benzene rings is 1. The van der Waals surface area contributed by atoms with E-state index in [4.69, 9.17) is 11.6 Å². The third kappa shape index (κ3) is 2.07. The fourth-order valence-corrected chi connectivity index (χ4v) is 1.52. The van der Waals surface area contributed by atoms with Crippen molar-refractivity contribution in [2.75, 3.05) is 0 Å². The van der Waals surface area contributed by atoms with Gasteiger partial charge >= 0.3 is 6.18 Å². The van der Waals surface area contributed by atoms with Crippen LogP contribution in [0.3, 0.4) is 0 Å². The first-order chi connectivity index (χ1) is 7.48. The fraction of sp³-hybridized carbons (Fsp3) is 0.0909. The molecule has 2 aromatic rings. The summed E-state index contributed by atoms with van der Waals surface area (Å²) in [5.74, 6) is 0. The van der Waals surface area contributed by atoms with Crippen LogP contribution in [-0.4, -0.2) is 4.57 Å². The minimum atomic E-state index is -4.36. The summed E-state index contributed by atoms with van der Waals surface area (Å²) in [5.41, 5.74) is -0.271. The Bertz CT molecular complexity index is 502. The Kier molecular flexibility index (Phi) is 2.68. The van der Waals surface area contributed by atoms with Crippen LogP contribution < -0.4 is 0 Å². The molecule has 0 saturated carbocycles. The second-order valence-electron chi connectivity index (χ2n) is 3.18. The molecule has 0 unspecified atom stereocenters. The van der Waals surface area contributed by atoms with Gasteiger partial charge in [0.15, 0.2) is 0 Å². The maximum absolute atomic E-state index is 12.4. The van der Waals surface area contributed by atoms with Gasteiger partial charge in [-0.15, -0.1) is 0 Å². The van der Waals surface area contributed by atoms with Crippen molar-refractivity contribution in [2.24, 2.45) is 0 Å². The van der Waals surface area contributed by atoms with E-state index < -0.39 is 11.7 Å². The molecule has 2 rings (SSSR count). The topological polar surface area (TPSA) is 4.93 Å². The molecule has 0 atom stereocenters. The number of rotatable bonds is 1. The molecule has 16 heavy (non-hydrogen) atoms. The Morgan fingerprint density at radius 1 is 1.19 bits per heavy atom. The molecule has 1 heterocycles. The van der Waals surface area contributed by atoms with Gasteiger partial charge in [0.05, 0.1) is 22.5 Å². The van der Waals surface area contributed by atoms with Crippen molar-refractivity contribution in [1.29, 1.82) is 0 Å². The van der Waals surface area contributed by atoms with Gasteiger partial charge in [-0.05, 0) is 18.2 Å². The average Bonchev–Trinajstić information content (AvgIpc) is 2.66. The van der Waals surface area contributed by atoms with Crippen LogP contribution >= 0.6 is 11.6 Å². The predicted molar refractivity (Wildman–Crippen MR) is 54.6 cm³/mol. The lowest BCUT2D eigenvalue weighted by molar-refractivity contribution is -0.137. The standard InChI is InChI=1S/C11H6ClF3N/c12-9-3-1-2-4-10(9)16-6-5-8(7-16)11(13,14)15/h1-5,7H. The lowest BCUT2D eigenvalue weighted by Crippen LogP contribution is -2.03. The molecule has 0 aliphatic rings. The molecule has 0 aliphatic heterocycles. The minimum absolute atomic E-state index is 0.378. The smallest absolute Gasteiger partial charge is 0.313 e. The van der Waals surface area contributed by atoms with Gasteiger partial charge in [-0.1, -0.05) is 23.7 Å². The number of nitrogens with zero attached hydrogens (tertiary/aromatic N) is 1. The molecule has 0 fully saturated rings. The molecule has 0 amide bonds. The third-order valence-electron chi connectivity index (χ3n) is 2.07. The Balaban J connectivity index is 2.44. The highest BCUT2D eigenvalue weighted by Crippen LogP contribution is 2.30. The molecule has 0 bridgehead atoms. The summed E-state index contributed by atoms with van der Waals surface area (Å²) in [4.78, 5) is 0. The van der Waals surface area contributed by atoms with Gasteiger partial charge in [-0.3, -0.25) is 0 Å². The predicted octanol–water partition coefficient (Wildman–Crippen LogP) is 3.95. The zero-order valence-corrected chi connectivity index (χ0v) is 8.68. The highest BCUT2D eigenvalue weighted by Gasteiger charge is 2.31. The van der Waals surface area contributed by atoms with Crippen molar-refractivity contribution in [2.45, 2.75) is 6.18 Å². The molecule has 0 aliphatic carbocycles. The summed E-state index contributed by atoms with van der Waals surface area (Å²) in [6.07, 6.45) is -0.917. The Morgan fingerprint density at radius 3 is 2.44 bits per heavy atom. The van der Waals surface area contributed by atoms with Crippen molar-refractivity contribution in [1.82, 2.24) is 4.57 Å². The van der Waals surface area contributed by atoms with Crippen molar-refractivity contribution < 1.29 is 13.2 Å². The quantitative estimate of drug-likeness (QED) is 0.716. The Labute approximate surface area is 95.1 Å². The normalized spacial score (nSPS) is 11.8. The summed E-state index contributed by atoms with van der Waals surface area (Å²) in [6.45, 7) is 0. The van der Waals surface area contributed by atoms with Crippen molar-refractivity contribution in [3.8, 4) is 5.69 Å². The Hall–Kier alpha value is -1.42. The maximum atomic E-state index is 12.4. The zero-order chi connectivity index (χ0) is 11.8. The highest BCUT2D eigenvalue weighted by molar-refractivity contribution is 6.32. The molecule has 1 radical (unpaired) electrons. The summed E-state index contributed by atoms with van der Waals surface area (Å²) in [7, 11) is 0. The van der Waals surface area contributed by atoms with E-state index in [-0.39, 0.29) is 0 Å². The van der Waals surface area contributed by atoms with E-state index in [9.17, 15) is 13.2 Å². The molecule has 5 heteroatoms. The summed E-state index contributed by atoms with van der Waals surface area (Å²) >= 11 is 5.86. The number of alkyl halides is 3. The minimum Gasteiger partial charge on any atom is -0.313 e. The highest BCUT2D eigenvalue weighted by atomic mass is 35.5. The van der Waals surface area contributed by atoms with Crippen LogP contribution in [0.25, 0.3) is 5.69 Å². The van der Waals surface area contributed by atoms with Crippen molar-refractivity contribution in [3.63, 3.8) is 0 Å². The van der Waals surface area contributed by atoms with Gasteiger partial charge in [0.1, 0.15) is 0 Å². The number of aromatic nitrogens is 1. The number of hydrogen-bond donors (Lipinski definition) is 0. The van der Waals surface area contributed by atoms with Crippen LogP contribution in [-0.2, 0) is 6.18 Å². The van der Waals surface area contributed by atoms with Gasteiger partial charge < -0.3 is 4.57 Å². The Morgan fingerprint density at radius 2 is 1.88 bits per heavy atom. The van der Waals surface area contributed by atoms with E-state index in [0.29, 0.717) is 10.7 Å². The molecule has 83 valence electrons. The van der Waals surface area contributed by atoms with Gasteiger partial charge in [0.2, 0.25) is 0 Å². The lowest BCUT2D eigenvalue weighted by atomic mass is 10.3. The van der Waals surface area contributed by atoms with Gasteiger partial charge in [-0.25, -0.2) is 0 Å². The maximum Gasteiger partial charge on any atom is 0.417 e. The monoisotopic (exact) mass is 244 g/mol. The third-order valence-corrected chi connectivity index (χ3v) is 2.39. The van der Waals surface area contributed by atoms with E-state index in [1.54, 1.807) is 24.3 Å². The van der Waals surface area contributed by atoms with Crippen LogP contribution in [0, 0.1) is 6.20 Å². The zero-order valence-electron chi connectivity index (χ0n) is 7.92. The second kappa shape index (κ2) is 3.87.